The number of nitrogen functional groups attached to an aromatic ring is 1. The molecule has 0 unspecified atom stereocenters. The van der Waals surface area contributed by atoms with Gasteiger partial charge in [0, 0.05) is 27.3 Å². The number of nitrogens with two attached hydrogens (primary N) is 1. The summed E-state index contributed by atoms with van der Waals surface area (Å²) in [5.41, 5.74) is 7.65. The monoisotopic (exact) mass is 444 g/mol. The smallest absolute Gasteiger partial charge is 0.353 e. The van der Waals surface area contributed by atoms with Crippen molar-refractivity contribution in [2.45, 2.75) is 30.3 Å². The number of aliphatic carboxylic acids is 1. The second-order valence-corrected chi connectivity index (χ2v) is 9.51. The van der Waals surface area contributed by atoms with E-state index < -0.39 is 18.0 Å². The molecule has 30 heavy (non-hydrogen) atoms. The number of aromatic nitrogens is 1. The molecule has 0 radical (unpaired) electrons. The fourth-order valence-electron chi connectivity index (χ4n) is 4.03. The minimum atomic E-state index is -1.16. The van der Waals surface area contributed by atoms with Gasteiger partial charge in [0.25, 0.3) is 0 Å². The standard InChI is InChI=1S/C20H20N4O4S2/c1-8-14-13(9(2)25)18(26)24(14)15(19(27)28)16(8)30-20-23-12(7-29-20)10-4-3-5-11(6-10)17(21)22/h3-9,13-14,25H,1-2H3,(H3,21,22)(H,27,28)/t8-,9-,13-,14-/m1/s1. The molecule has 0 spiro atoms. The topological polar surface area (TPSA) is 141 Å². The first-order valence-electron chi connectivity index (χ1n) is 9.27. The Morgan fingerprint density at radius 1 is 1.43 bits per heavy atom. The van der Waals surface area contributed by atoms with Crippen molar-refractivity contribution in [1.82, 2.24) is 9.88 Å². The number of aliphatic hydroxyl groups excluding tert-OH is 1. The molecule has 2 aromatic rings. The number of amidine groups is 1. The van der Waals surface area contributed by atoms with Crippen molar-refractivity contribution in [2.75, 3.05) is 0 Å². The van der Waals surface area contributed by atoms with Gasteiger partial charge in [-0.2, -0.15) is 0 Å². The lowest BCUT2D eigenvalue weighted by Gasteiger charge is -2.46. The van der Waals surface area contributed by atoms with Crippen LogP contribution in [0, 0.1) is 17.2 Å². The number of hydrogen-bond donors (Lipinski definition) is 4. The van der Waals surface area contributed by atoms with Crippen molar-refractivity contribution in [3.05, 3.63) is 45.8 Å². The fourth-order valence-corrected chi connectivity index (χ4v) is 6.13. The Hall–Kier alpha value is -2.69. The highest BCUT2D eigenvalue weighted by Crippen LogP contribution is 2.52. The number of amides is 1. The zero-order valence-corrected chi connectivity index (χ0v) is 17.8. The number of thioether (sulfide) groups is 1. The van der Waals surface area contributed by atoms with Gasteiger partial charge < -0.3 is 20.8 Å². The van der Waals surface area contributed by atoms with E-state index >= 15 is 0 Å². The Balaban J connectivity index is 1.63. The largest absolute Gasteiger partial charge is 0.477 e. The number of aliphatic hydroxyl groups is 1. The summed E-state index contributed by atoms with van der Waals surface area (Å²) in [7, 11) is 0. The zero-order valence-electron chi connectivity index (χ0n) is 16.2. The fraction of sp³-hybridized carbons (Fsp3) is 0.300. The zero-order chi connectivity index (χ0) is 21.7. The summed E-state index contributed by atoms with van der Waals surface area (Å²) in [4.78, 5) is 30.8. The molecule has 0 aliphatic carbocycles. The summed E-state index contributed by atoms with van der Waals surface area (Å²) < 4.78 is 0.655. The SMILES string of the molecule is C[C@@H](O)[C@H]1C(=O)N2C(C(=O)O)=C(Sc3nc(-c4cccc(C(=N)N)c4)cs3)[C@H](C)[C@H]12. The summed E-state index contributed by atoms with van der Waals surface area (Å²) in [6, 6.07) is 6.85. The summed E-state index contributed by atoms with van der Waals surface area (Å²) in [5.74, 6) is -2.34. The average molecular weight is 445 g/mol. The van der Waals surface area contributed by atoms with Gasteiger partial charge in [0.05, 0.1) is 23.8 Å². The molecule has 1 saturated heterocycles. The number of nitrogens with one attached hydrogen (secondary N) is 1. The molecule has 1 aromatic heterocycles. The molecule has 1 amide bonds. The molecule has 5 N–H and O–H groups in total. The van der Waals surface area contributed by atoms with Crippen LogP contribution in [-0.4, -0.2) is 50.0 Å². The van der Waals surface area contributed by atoms with Crippen LogP contribution >= 0.6 is 23.1 Å². The third-order valence-corrected chi connectivity index (χ3v) is 7.68. The van der Waals surface area contributed by atoms with Crippen molar-refractivity contribution >= 4 is 40.8 Å². The molecule has 8 nitrogen and oxygen atoms in total. The summed E-state index contributed by atoms with van der Waals surface area (Å²) in [5, 5.41) is 29.1. The van der Waals surface area contributed by atoms with Crippen LogP contribution in [0.5, 0.6) is 0 Å². The van der Waals surface area contributed by atoms with Gasteiger partial charge in [-0.3, -0.25) is 10.2 Å². The average Bonchev–Trinajstić information content (AvgIpc) is 3.24. The molecule has 1 aromatic carbocycles. The Morgan fingerprint density at radius 3 is 2.80 bits per heavy atom. The Morgan fingerprint density at radius 2 is 2.17 bits per heavy atom. The van der Waals surface area contributed by atoms with Crippen molar-refractivity contribution in [1.29, 1.82) is 5.41 Å². The predicted molar refractivity (Wildman–Crippen MR) is 114 cm³/mol. The van der Waals surface area contributed by atoms with Crippen LogP contribution in [0.4, 0.5) is 0 Å². The second kappa shape index (κ2) is 7.53. The highest BCUT2D eigenvalue weighted by atomic mass is 32.2. The van der Waals surface area contributed by atoms with Crippen LogP contribution in [0.2, 0.25) is 0 Å². The van der Waals surface area contributed by atoms with E-state index in [0.29, 0.717) is 20.5 Å². The summed E-state index contributed by atoms with van der Waals surface area (Å²) in [6.07, 6.45) is -0.833. The number of carbonyl (C=O) groups is 2. The number of benzene rings is 1. The number of rotatable bonds is 6. The van der Waals surface area contributed by atoms with Crippen LogP contribution in [0.15, 0.2) is 44.6 Å². The molecule has 156 valence electrons. The molecule has 1 fully saturated rings. The van der Waals surface area contributed by atoms with E-state index in [4.69, 9.17) is 11.1 Å². The van der Waals surface area contributed by atoms with Gasteiger partial charge in [0.15, 0.2) is 4.34 Å². The van der Waals surface area contributed by atoms with Crippen LogP contribution < -0.4 is 5.73 Å². The van der Waals surface area contributed by atoms with Gasteiger partial charge in [-0.15, -0.1) is 11.3 Å². The van der Waals surface area contributed by atoms with E-state index in [2.05, 4.69) is 4.98 Å². The Kier molecular flexibility index (Phi) is 5.16. The maximum Gasteiger partial charge on any atom is 0.353 e. The van der Waals surface area contributed by atoms with E-state index in [1.54, 1.807) is 25.1 Å². The number of fused-ring (bicyclic) bond motifs is 1. The van der Waals surface area contributed by atoms with Crippen molar-refractivity contribution < 1.29 is 19.8 Å². The lowest BCUT2D eigenvalue weighted by Crippen LogP contribution is -2.63. The molecular weight excluding hydrogens is 424 g/mol. The van der Waals surface area contributed by atoms with Gasteiger partial charge in [-0.1, -0.05) is 36.9 Å². The second-order valence-electron chi connectivity index (χ2n) is 7.37. The molecular formula is C20H20N4O4S2. The molecule has 0 saturated carbocycles. The number of hydrogen-bond acceptors (Lipinski definition) is 7. The normalized spacial score (nSPS) is 23.9. The molecule has 2 aliphatic heterocycles. The molecule has 4 atom stereocenters. The van der Waals surface area contributed by atoms with Crippen LogP contribution in [-0.2, 0) is 9.59 Å². The van der Waals surface area contributed by atoms with Gasteiger partial charge in [0.1, 0.15) is 11.5 Å². The molecule has 2 aliphatic rings. The highest BCUT2D eigenvalue weighted by molar-refractivity contribution is 8.04. The minimum Gasteiger partial charge on any atom is -0.477 e. The van der Waals surface area contributed by atoms with E-state index in [1.165, 1.54) is 28.0 Å². The maximum atomic E-state index is 12.4. The highest BCUT2D eigenvalue weighted by Gasteiger charge is 2.60. The number of carbonyl (C=O) groups excluding carboxylic acids is 1. The number of carboxylic acids is 1. The van der Waals surface area contributed by atoms with E-state index in [0.717, 1.165) is 5.56 Å². The first-order valence-corrected chi connectivity index (χ1v) is 11.0. The molecule has 0 bridgehead atoms. The number of nitrogens with zero attached hydrogens (tertiary/aromatic N) is 2. The van der Waals surface area contributed by atoms with Gasteiger partial charge in [-0.05, 0) is 13.0 Å². The van der Waals surface area contributed by atoms with Crippen molar-refractivity contribution in [3.63, 3.8) is 0 Å². The van der Waals surface area contributed by atoms with E-state index in [9.17, 15) is 19.8 Å². The number of thiazole rings is 1. The Bertz CT molecular complexity index is 1090. The third-order valence-electron chi connectivity index (χ3n) is 5.46. The predicted octanol–water partition coefficient (Wildman–Crippen LogP) is 2.34. The third kappa shape index (κ3) is 3.21. The lowest BCUT2D eigenvalue weighted by molar-refractivity contribution is -0.163. The lowest BCUT2D eigenvalue weighted by atomic mass is 9.79. The molecule has 4 rings (SSSR count). The summed E-state index contributed by atoms with van der Waals surface area (Å²) in [6.45, 7) is 3.43. The summed E-state index contributed by atoms with van der Waals surface area (Å²) >= 11 is 2.63. The minimum absolute atomic E-state index is 0.0188. The first-order chi connectivity index (χ1) is 14.2. The van der Waals surface area contributed by atoms with Gasteiger partial charge in [0.2, 0.25) is 5.91 Å². The van der Waals surface area contributed by atoms with E-state index in [-0.39, 0.29) is 29.4 Å². The van der Waals surface area contributed by atoms with Crippen molar-refractivity contribution in [2.24, 2.45) is 17.6 Å². The van der Waals surface area contributed by atoms with Crippen LogP contribution in [0.25, 0.3) is 11.3 Å². The van der Waals surface area contributed by atoms with Crippen LogP contribution in [0.3, 0.4) is 0 Å². The Labute approximate surface area is 180 Å². The quantitative estimate of drug-likeness (QED) is 0.304. The number of β-lactam (4-membered cyclic amide) rings is 1. The first kappa shape index (κ1) is 20.6. The van der Waals surface area contributed by atoms with Crippen molar-refractivity contribution in [3.8, 4) is 11.3 Å². The maximum absolute atomic E-state index is 12.4. The van der Waals surface area contributed by atoms with Gasteiger partial charge in [-0.25, -0.2) is 9.78 Å². The van der Waals surface area contributed by atoms with E-state index in [1.807, 2.05) is 18.4 Å². The number of carboxylic acid groups (broad SMARTS) is 1. The molecule has 3 heterocycles. The molecule has 10 heteroatoms. The van der Waals surface area contributed by atoms with Gasteiger partial charge >= 0.3 is 5.97 Å². The van der Waals surface area contributed by atoms with Crippen LogP contribution in [0.1, 0.15) is 19.4 Å².